The number of nitrogens with zero attached hydrogens (tertiary/aromatic N) is 6. The molecule has 0 aliphatic carbocycles. The maximum absolute atomic E-state index is 13.0. The standard InChI is InChI=1S/C17H19F3N6O/c1-27-15-2-5-21-16(24-15)25-6-3-11-4-7-26(12(11)9-25)14-8-13(17(18,19)20)22-10-23-14/h2,5,8,10-12H,3-4,6-7,9H2,1H3. The monoisotopic (exact) mass is 380 g/mol. The van der Waals surface area contributed by atoms with Crippen LogP contribution in [0.4, 0.5) is 24.9 Å². The van der Waals surface area contributed by atoms with Gasteiger partial charge in [-0.25, -0.2) is 15.0 Å². The van der Waals surface area contributed by atoms with Crippen molar-refractivity contribution in [3.8, 4) is 5.88 Å². The molecule has 2 saturated heterocycles. The Hall–Kier alpha value is -2.65. The second-order valence-corrected chi connectivity index (χ2v) is 6.70. The van der Waals surface area contributed by atoms with Gasteiger partial charge in [-0.1, -0.05) is 0 Å². The summed E-state index contributed by atoms with van der Waals surface area (Å²) in [4.78, 5) is 20.1. The van der Waals surface area contributed by atoms with Gasteiger partial charge in [0, 0.05) is 38.0 Å². The van der Waals surface area contributed by atoms with Gasteiger partial charge in [-0.15, -0.1) is 0 Å². The summed E-state index contributed by atoms with van der Waals surface area (Å²) in [7, 11) is 1.55. The van der Waals surface area contributed by atoms with E-state index in [1.807, 2.05) is 9.80 Å². The van der Waals surface area contributed by atoms with Gasteiger partial charge in [0.15, 0.2) is 0 Å². The highest BCUT2D eigenvalue weighted by Crippen LogP contribution is 2.36. The number of methoxy groups -OCH3 is 1. The SMILES string of the molecule is COc1ccnc(N2CCC3CCN(c4cc(C(F)(F)F)ncn4)C3C2)n1. The Balaban J connectivity index is 1.57. The minimum Gasteiger partial charge on any atom is -0.481 e. The number of fused-ring (bicyclic) bond motifs is 1. The molecule has 0 radical (unpaired) electrons. The van der Waals surface area contributed by atoms with Crippen molar-refractivity contribution >= 4 is 11.8 Å². The van der Waals surface area contributed by atoms with Crippen molar-refractivity contribution in [3.63, 3.8) is 0 Å². The molecule has 0 aromatic carbocycles. The number of alkyl halides is 3. The third-order valence-corrected chi connectivity index (χ3v) is 5.21. The molecule has 4 rings (SSSR count). The average Bonchev–Trinajstić information content (AvgIpc) is 3.10. The molecule has 2 aliphatic heterocycles. The molecule has 2 unspecified atom stereocenters. The van der Waals surface area contributed by atoms with E-state index < -0.39 is 11.9 Å². The highest BCUT2D eigenvalue weighted by molar-refractivity contribution is 5.45. The van der Waals surface area contributed by atoms with Crippen molar-refractivity contribution in [1.29, 1.82) is 0 Å². The van der Waals surface area contributed by atoms with Gasteiger partial charge in [0.25, 0.3) is 0 Å². The Kier molecular flexibility index (Phi) is 4.48. The van der Waals surface area contributed by atoms with E-state index in [4.69, 9.17) is 4.74 Å². The van der Waals surface area contributed by atoms with Gasteiger partial charge < -0.3 is 14.5 Å². The topological polar surface area (TPSA) is 67.3 Å². The number of halogens is 3. The number of hydrogen-bond donors (Lipinski definition) is 0. The predicted octanol–water partition coefficient (Wildman–Crippen LogP) is 2.40. The van der Waals surface area contributed by atoms with Crippen molar-refractivity contribution in [3.05, 3.63) is 30.4 Å². The molecule has 2 aliphatic rings. The first kappa shape index (κ1) is 17.7. The number of hydrogen-bond acceptors (Lipinski definition) is 7. The van der Waals surface area contributed by atoms with Gasteiger partial charge >= 0.3 is 6.18 Å². The van der Waals surface area contributed by atoms with Crippen molar-refractivity contribution in [2.75, 3.05) is 36.5 Å². The molecule has 0 amide bonds. The molecular formula is C17H19F3N6O. The van der Waals surface area contributed by atoms with E-state index in [1.165, 1.54) is 0 Å². The quantitative estimate of drug-likeness (QED) is 0.810. The van der Waals surface area contributed by atoms with Crippen LogP contribution in [0.2, 0.25) is 0 Å². The number of ether oxygens (including phenoxy) is 1. The van der Waals surface area contributed by atoms with E-state index in [9.17, 15) is 13.2 Å². The fourth-order valence-corrected chi connectivity index (χ4v) is 3.86. The number of aromatic nitrogens is 4. The molecule has 0 N–H and O–H groups in total. The lowest BCUT2D eigenvalue weighted by Gasteiger charge is -2.38. The highest BCUT2D eigenvalue weighted by Gasteiger charge is 2.41. The smallest absolute Gasteiger partial charge is 0.433 e. The highest BCUT2D eigenvalue weighted by atomic mass is 19.4. The van der Waals surface area contributed by atoms with Crippen LogP contribution < -0.4 is 14.5 Å². The van der Waals surface area contributed by atoms with Crippen LogP contribution in [-0.2, 0) is 6.18 Å². The fourth-order valence-electron chi connectivity index (χ4n) is 3.86. The van der Waals surface area contributed by atoms with Gasteiger partial charge in [-0.2, -0.15) is 18.2 Å². The molecule has 0 spiro atoms. The Bertz CT molecular complexity index is 817. The molecular weight excluding hydrogens is 361 g/mol. The zero-order chi connectivity index (χ0) is 19.0. The first-order chi connectivity index (χ1) is 13.0. The molecule has 10 heteroatoms. The summed E-state index contributed by atoms with van der Waals surface area (Å²) in [6, 6.07) is 2.77. The average molecular weight is 380 g/mol. The summed E-state index contributed by atoms with van der Waals surface area (Å²) in [6.07, 6.45) is 0.00255. The largest absolute Gasteiger partial charge is 0.481 e. The molecule has 2 fully saturated rings. The van der Waals surface area contributed by atoms with Crippen LogP contribution in [0, 0.1) is 5.92 Å². The summed E-state index contributed by atoms with van der Waals surface area (Å²) >= 11 is 0. The van der Waals surface area contributed by atoms with Crippen LogP contribution in [0.1, 0.15) is 18.5 Å². The van der Waals surface area contributed by atoms with Gasteiger partial charge in [-0.3, -0.25) is 0 Å². The number of piperidine rings is 1. The van der Waals surface area contributed by atoms with Crippen molar-refractivity contribution in [2.24, 2.45) is 5.92 Å². The molecule has 0 bridgehead atoms. The molecule has 2 aromatic rings. The maximum atomic E-state index is 13.0. The zero-order valence-corrected chi connectivity index (χ0v) is 14.7. The van der Waals surface area contributed by atoms with Crippen LogP contribution in [0.5, 0.6) is 5.88 Å². The molecule has 2 aromatic heterocycles. The Morgan fingerprint density at radius 2 is 1.96 bits per heavy atom. The van der Waals surface area contributed by atoms with Crippen molar-refractivity contribution < 1.29 is 17.9 Å². The summed E-state index contributed by atoms with van der Waals surface area (Å²) in [6.45, 7) is 2.11. The fraction of sp³-hybridized carbons (Fsp3) is 0.529. The van der Waals surface area contributed by atoms with E-state index >= 15 is 0 Å². The van der Waals surface area contributed by atoms with E-state index in [0.29, 0.717) is 36.7 Å². The Morgan fingerprint density at radius 1 is 1.15 bits per heavy atom. The van der Waals surface area contributed by atoms with Crippen LogP contribution in [-0.4, -0.2) is 52.7 Å². The van der Waals surface area contributed by atoms with E-state index in [0.717, 1.165) is 31.8 Å². The lowest BCUT2D eigenvalue weighted by molar-refractivity contribution is -0.141. The van der Waals surface area contributed by atoms with Crippen LogP contribution in [0.15, 0.2) is 24.7 Å². The normalized spacial score (nSPS) is 22.7. The summed E-state index contributed by atoms with van der Waals surface area (Å²) in [5, 5.41) is 0. The van der Waals surface area contributed by atoms with Crippen LogP contribution in [0.3, 0.4) is 0 Å². The first-order valence-corrected chi connectivity index (χ1v) is 8.73. The lowest BCUT2D eigenvalue weighted by atomic mass is 9.92. The third kappa shape index (κ3) is 3.47. The van der Waals surface area contributed by atoms with Crippen molar-refractivity contribution in [2.45, 2.75) is 25.1 Å². The maximum Gasteiger partial charge on any atom is 0.433 e. The molecule has 27 heavy (non-hydrogen) atoms. The summed E-state index contributed by atoms with van der Waals surface area (Å²) < 4.78 is 44.1. The van der Waals surface area contributed by atoms with E-state index in [1.54, 1.807) is 19.4 Å². The van der Waals surface area contributed by atoms with Crippen LogP contribution >= 0.6 is 0 Å². The molecule has 4 heterocycles. The summed E-state index contributed by atoms with van der Waals surface area (Å²) in [5.41, 5.74) is -0.917. The number of anilines is 2. The minimum atomic E-state index is -4.48. The molecule has 2 atom stereocenters. The predicted molar refractivity (Wildman–Crippen MR) is 91.7 cm³/mol. The van der Waals surface area contributed by atoms with Gasteiger partial charge in [0.1, 0.15) is 17.8 Å². The van der Waals surface area contributed by atoms with Crippen molar-refractivity contribution in [1.82, 2.24) is 19.9 Å². The zero-order valence-electron chi connectivity index (χ0n) is 14.7. The summed E-state index contributed by atoms with van der Waals surface area (Å²) in [5.74, 6) is 1.78. The Morgan fingerprint density at radius 3 is 2.74 bits per heavy atom. The molecule has 144 valence electrons. The minimum absolute atomic E-state index is 0.0598. The number of rotatable bonds is 3. The van der Waals surface area contributed by atoms with Gasteiger partial charge in [-0.05, 0) is 18.8 Å². The Labute approximate surface area is 154 Å². The third-order valence-electron chi connectivity index (χ3n) is 5.21. The second-order valence-electron chi connectivity index (χ2n) is 6.70. The van der Waals surface area contributed by atoms with E-state index in [2.05, 4.69) is 19.9 Å². The van der Waals surface area contributed by atoms with Gasteiger partial charge in [0.2, 0.25) is 11.8 Å². The molecule has 0 saturated carbocycles. The second kappa shape index (κ2) is 6.82. The van der Waals surface area contributed by atoms with Crippen LogP contribution in [0.25, 0.3) is 0 Å². The molecule has 7 nitrogen and oxygen atoms in total. The van der Waals surface area contributed by atoms with Gasteiger partial charge in [0.05, 0.1) is 13.2 Å². The lowest BCUT2D eigenvalue weighted by Crippen LogP contribution is -2.49. The van der Waals surface area contributed by atoms with E-state index in [-0.39, 0.29) is 6.04 Å². The first-order valence-electron chi connectivity index (χ1n) is 8.73.